The molecule has 2 heterocycles. The Balaban J connectivity index is 2.10. The number of rotatable bonds is 6. The highest BCUT2D eigenvalue weighted by molar-refractivity contribution is 7.16. The van der Waals surface area contributed by atoms with Crippen molar-refractivity contribution in [2.45, 2.75) is 20.4 Å². The van der Waals surface area contributed by atoms with Gasteiger partial charge in [-0.1, -0.05) is 11.3 Å². The van der Waals surface area contributed by atoms with Gasteiger partial charge in [0.15, 0.2) is 10.5 Å². The summed E-state index contributed by atoms with van der Waals surface area (Å²) in [5.41, 5.74) is 2.43. The summed E-state index contributed by atoms with van der Waals surface area (Å²) in [6.45, 7) is 4.90. The van der Waals surface area contributed by atoms with Crippen LogP contribution in [0, 0.1) is 6.92 Å². The fourth-order valence-corrected chi connectivity index (χ4v) is 3.95. The van der Waals surface area contributed by atoms with Gasteiger partial charge in [0, 0.05) is 32.5 Å². The van der Waals surface area contributed by atoms with Crippen molar-refractivity contribution in [2.75, 3.05) is 20.3 Å². The normalized spacial score (nSPS) is 11.9. The Morgan fingerprint density at radius 2 is 2.11 bits per heavy atom. The molecule has 0 N–H and O–H groups in total. The van der Waals surface area contributed by atoms with Gasteiger partial charge in [0.2, 0.25) is 0 Å². The molecule has 1 aromatic carbocycles. The van der Waals surface area contributed by atoms with Gasteiger partial charge in [-0.2, -0.15) is 10.1 Å². The van der Waals surface area contributed by atoms with E-state index in [9.17, 15) is 9.59 Å². The first-order valence-corrected chi connectivity index (χ1v) is 9.65. The number of fused-ring (bicyclic) bond motifs is 1. The van der Waals surface area contributed by atoms with Crippen LogP contribution in [0.15, 0.2) is 29.4 Å². The van der Waals surface area contributed by atoms with Crippen molar-refractivity contribution in [1.82, 2.24) is 14.3 Å². The molecular formula is C19H22N4O4S. The second kappa shape index (κ2) is 8.49. The molecule has 0 unspecified atom stereocenters. The zero-order valence-electron chi connectivity index (χ0n) is 16.3. The molecule has 1 amide bonds. The highest BCUT2D eigenvalue weighted by atomic mass is 32.1. The number of aryl methyl sites for hydroxylation is 2. The Bertz CT molecular complexity index is 1090. The van der Waals surface area contributed by atoms with Gasteiger partial charge in [0.05, 0.1) is 29.0 Å². The zero-order valence-corrected chi connectivity index (χ0v) is 17.1. The highest BCUT2D eigenvalue weighted by Crippen LogP contribution is 2.20. The van der Waals surface area contributed by atoms with Crippen LogP contribution in [0.25, 0.3) is 10.2 Å². The Kier molecular flexibility index (Phi) is 6.05. The summed E-state index contributed by atoms with van der Waals surface area (Å²) in [6.07, 6.45) is 1.78. The number of ether oxygens (including phenoxy) is 2. The molecule has 0 aliphatic heterocycles. The van der Waals surface area contributed by atoms with Gasteiger partial charge in [-0.05, 0) is 32.0 Å². The smallest absolute Gasteiger partial charge is 0.338 e. The lowest BCUT2D eigenvalue weighted by molar-refractivity contribution is 0.0526. The summed E-state index contributed by atoms with van der Waals surface area (Å²) in [5.74, 6) is -0.777. The lowest BCUT2D eigenvalue weighted by Gasteiger charge is -2.05. The molecule has 0 bridgehead atoms. The van der Waals surface area contributed by atoms with E-state index in [2.05, 4.69) is 10.1 Å². The first kappa shape index (κ1) is 20.0. The van der Waals surface area contributed by atoms with Crippen LogP contribution in [0.3, 0.4) is 0 Å². The van der Waals surface area contributed by atoms with Gasteiger partial charge in [-0.15, -0.1) is 0 Å². The van der Waals surface area contributed by atoms with Crippen molar-refractivity contribution in [3.8, 4) is 0 Å². The van der Waals surface area contributed by atoms with Crippen LogP contribution in [0.1, 0.15) is 33.3 Å². The SMILES string of the molecule is CCOC(=O)c1ccc2c(c1)sc(=NC(=O)c1nn(C)cc1C)n2CCOC. The Morgan fingerprint density at radius 1 is 1.32 bits per heavy atom. The molecule has 8 nitrogen and oxygen atoms in total. The zero-order chi connectivity index (χ0) is 20.3. The van der Waals surface area contributed by atoms with Crippen LogP contribution in [-0.2, 0) is 23.1 Å². The van der Waals surface area contributed by atoms with Crippen LogP contribution in [0.4, 0.5) is 0 Å². The quantitative estimate of drug-likeness (QED) is 0.591. The van der Waals surface area contributed by atoms with Crippen LogP contribution < -0.4 is 4.80 Å². The van der Waals surface area contributed by atoms with E-state index in [0.717, 1.165) is 15.8 Å². The van der Waals surface area contributed by atoms with Crippen molar-refractivity contribution >= 4 is 33.4 Å². The molecule has 0 atom stereocenters. The summed E-state index contributed by atoms with van der Waals surface area (Å²) in [5, 5.41) is 4.19. The molecule has 0 saturated heterocycles. The fraction of sp³-hybridized carbons (Fsp3) is 0.368. The standard InChI is InChI=1S/C19H22N4O4S/c1-5-27-18(25)13-6-7-14-15(10-13)28-19(23(14)8-9-26-4)20-17(24)16-12(2)11-22(3)21-16/h6-7,10-11H,5,8-9H2,1-4H3. The molecule has 0 radical (unpaired) electrons. The summed E-state index contributed by atoms with van der Waals surface area (Å²) in [4.78, 5) is 29.5. The minimum absolute atomic E-state index is 0.313. The van der Waals surface area contributed by atoms with E-state index in [1.54, 1.807) is 44.1 Å². The number of carbonyl (C=O) groups is 2. The molecule has 2 aromatic heterocycles. The van der Waals surface area contributed by atoms with Crippen molar-refractivity contribution < 1.29 is 19.1 Å². The van der Waals surface area contributed by atoms with Gasteiger partial charge in [-0.25, -0.2) is 4.79 Å². The van der Waals surface area contributed by atoms with E-state index in [0.29, 0.717) is 35.8 Å². The van der Waals surface area contributed by atoms with Crippen molar-refractivity contribution in [3.63, 3.8) is 0 Å². The fourth-order valence-electron chi connectivity index (χ4n) is 2.86. The number of thiazole rings is 1. The van der Waals surface area contributed by atoms with E-state index in [1.807, 2.05) is 17.6 Å². The predicted molar refractivity (Wildman–Crippen MR) is 105 cm³/mol. The second-order valence-corrected chi connectivity index (χ2v) is 7.19. The summed E-state index contributed by atoms with van der Waals surface area (Å²) in [6, 6.07) is 5.31. The van der Waals surface area contributed by atoms with Gasteiger partial charge < -0.3 is 14.0 Å². The molecule has 0 saturated carbocycles. The van der Waals surface area contributed by atoms with Gasteiger partial charge >= 0.3 is 5.97 Å². The Morgan fingerprint density at radius 3 is 2.75 bits per heavy atom. The van der Waals surface area contributed by atoms with Gasteiger partial charge in [-0.3, -0.25) is 9.48 Å². The van der Waals surface area contributed by atoms with Crippen LogP contribution >= 0.6 is 11.3 Å². The number of amides is 1. The highest BCUT2D eigenvalue weighted by Gasteiger charge is 2.15. The largest absolute Gasteiger partial charge is 0.462 e. The Hall–Kier alpha value is -2.78. The summed E-state index contributed by atoms with van der Waals surface area (Å²) < 4.78 is 14.6. The number of aromatic nitrogens is 3. The Labute approximate surface area is 166 Å². The molecule has 0 spiro atoms. The van der Waals surface area contributed by atoms with E-state index in [-0.39, 0.29) is 5.97 Å². The van der Waals surface area contributed by atoms with Crippen LogP contribution in [0.5, 0.6) is 0 Å². The maximum Gasteiger partial charge on any atom is 0.338 e. The predicted octanol–water partition coefficient (Wildman–Crippen LogP) is 2.31. The molecule has 0 aliphatic rings. The number of esters is 1. The number of benzene rings is 1. The monoisotopic (exact) mass is 402 g/mol. The van der Waals surface area contributed by atoms with Gasteiger partial charge in [0.1, 0.15) is 0 Å². The number of carbonyl (C=O) groups excluding carboxylic acids is 2. The third-order valence-electron chi connectivity index (χ3n) is 4.12. The summed E-state index contributed by atoms with van der Waals surface area (Å²) in [7, 11) is 3.38. The molecule has 0 fully saturated rings. The molecular weight excluding hydrogens is 380 g/mol. The second-order valence-electron chi connectivity index (χ2n) is 6.18. The molecule has 28 heavy (non-hydrogen) atoms. The molecule has 0 aliphatic carbocycles. The maximum absolute atomic E-state index is 12.7. The minimum Gasteiger partial charge on any atom is -0.462 e. The van der Waals surface area contributed by atoms with Crippen molar-refractivity contribution in [3.05, 3.63) is 46.0 Å². The van der Waals surface area contributed by atoms with E-state index >= 15 is 0 Å². The number of hydrogen-bond acceptors (Lipinski definition) is 6. The van der Waals surface area contributed by atoms with Crippen molar-refractivity contribution in [1.29, 1.82) is 0 Å². The lowest BCUT2D eigenvalue weighted by Crippen LogP contribution is -2.19. The number of nitrogens with zero attached hydrogens (tertiary/aromatic N) is 4. The maximum atomic E-state index is 12.7. The molecule has 9 heteroatoms. The lowest BCUT2D eigenvalue weighted by atomic mass is 10.2. The molecule has 148 valence electrons. The van der Waals surface area contributed by atoms with E-state index in [1.165, 1.54) is 11.3 Å². The third kappa shape index (κ3) is 4.05. The van der Waals surface area contributed by atoms with Crippen molar-refractivity contribution in [2.24, 2.45) is 12.0 Å². The van der Waals surface area contributed by atoms with Gasteiger partial charge in [0.25, 0.3) is 5.91 Å². The average molecular weight is 402 g/mol. The third-order valence-corrected chi connectivity index (χ3v) is 5.17. The number of methoxy groups -OCH3 is 1. The number of hydrogen-bond donors (Lipinski definition) is 0. The summed E-state index contributed by atoms with van der Waals surface area (Å²) >= 11 is 1.34. The van der Waals surface area contributed by atoms with E-state index in [4.69, 9.17) is 9.47 Å². The van der Waals surface area contributed by atoms with Crippen LogP contribution in [0.2, 0.25) is 0 Å². The minimum atomic E-state index is -0.401. The first-order chi connectivity index (χ1) is 13.4. The topological polar surface area (TPSA) is 87.7 Å². The average Bonchev–Trinajstić information content (AvgIpc) is 3.18. The first-order valence-electron chi connectivity index (χ1n) is 8.83. The molecule has 3 aromatic rings. The molecule has 3 rings (SSSR count). The van der Waals surface area contributed by atoms with Crippen LogP contribution in [-0.4, -0.2) is 46.5 Å². The van der Waals surface area contributed by atoms with E-state index < -0.39 is 5.91 Å².